The standard InChI is InChI=1S/C21H24NO8P/c23-19-12(10-30-31(26,27)28)9-18(20(19)24)22-21(25)29-11-17-15-7-3-1-5-13(15)14-6-2-4-8-16(14)17/h1-8,12,17-20,23-24H,9-11H2,(H,22,25)(H2,26,27,28)/t12-,18-,19-,20+/m1/s1. The van der Waals surface area contributed by atoms with Crippen LogP contribution in [-0.4, -0.2) is 57.6 Å². The topological polar surface area (TPSA) is 146 Å². The summed E-state index contributed by atoms with van der Waals surface area (Å²) in [5, 5.41) is 22.8. The first-order chi connectivity index (χ1) is 14.7. The van der Waals surface area contributed by atoms with Gasteiger partial charge >= 0.3 is 13.9 Å². The van der Waals surface area contributed by atoms with Gasteiger partial charge in [0.25, 0.3) is 0 Å². The number of fused-ring (bicyclic) bond motifs is 3. The third-order valence-corrected chi connectivity index (χ3v) is 6.39. The predicted molar refractivity (Wildman–Crippen MR) is 110 cm³/mol. The van der Waals surface area contributed by atoms with Gasteiger partial charge in [0.1, 0.15) is 12.7 Å². The lowest BCUT2D eigenvalue weighted by atomic mass is 9.98. The van der Waals surface area contributed by atoms with Gasteiger partial charge in [0, 0.05) is 11.8 Å². The van der Waals surface area contributed by atoms with Gasteiger partial charge in [-0.2, -0.15) is 0 Å². The molecule has 5 N–H and O–H groups in total. The van der Waals surface area contributed by atoms with Gasteiger partial charge < -0.3 is 30.1 Å². The van der Waals surface area contributed by atoms with Crippen molar-refractivity contribution in [3.63, 3.8) is 0 Å². The molecular weight excluding hydrogens is 425 g/mol. The molecule has 1 saturated carbocycles. The van der Waals surface area contributed by atoms with Crippen molar-refractivity contribution in [2.45, 2.75) is 30.6 Å². The lowest BCUT2D eigenvalue weighted by Gasteiger charge is -2.19. The number of hydrogen-bond donors (Lipinski definition) is 5. The van der Waals surface area contributed by atoms with Crippen molar-refractivity contribution >= 4 is 13.9 Å². The average molecular weight is 449 g/mol. The van der Waals surface area contributed by atoms with Gasteiger partial charge in [0.2, 0.25) is 0 Å². The van der Waals surface area contributed by atoms with Crippen molar-refractivity contribution in [1.29, 1.82) is 0 Å². The molecule has 0 unspecified atom stereocenters. The van der Waals surface area contributed by atoms with Crippen LogP contribution in [0.4, 0.5) is 4.79 Å². The molecule has 0 heterocycles. The number of aliphatic hydroxyl groups excluding tert-OH is 2. The Labute approximate surface area is 178 Å². The van der Waals surface area contributed by atoms with E-state index in [1.165, 1.54) is 0 Å². The van der Waals surface area contributed by atoms with Crippen molar-refractivity contribution in [1.82, 2.24) is 5.32 Å². The molecule has 0 radical (unpaired) electrons. The maximum Gasteiger partial charge on any atom is 0.469 e. The van der Waals surface area contributed by atoms with Crippen LogP contribution in [0.1, 0.15) is 23.5 Å². The highest BCUT2D eigenvalue weighted by Gasteiger charge is 2.43. The van der Waals surface area contributed by atoms with Gasteiger partial charge in [0.05, 0.1) is 18.8 Å². The van der Waals surface area contributed by atoms with Crippen molar-refractivity contribution in [3.8, 4) is 11.1 Å². The van der Waals surface area contributed by atoms with Crippen LogP contribution in [0.25, 0.3) is 11.1 Å². The molecular formula is C21H24NO8P. The van der Waals surface area contributed by atoms with Gasteiger partial charge in [-0.05, 0) is 28.7 Å². The van der Waals surface area contributed by atoms with Crippen LogP contribution in [0.5, 0.6) is 0 Å². The maximum atomic E-state index is 12.4. The largest absolute Gasteiger partial charge is 0.469 e. The van der Waals surface area contributed by atoms with Crippen molar-refractivity contribution in [3.05, 3.63) is 59.7 Å². The SMILES string of the molecule is O=C(N[C@@H]1C[C@H](COP(=O)(O)O)[C@@H](O)[C@H]1O)OCC1c2ccccc2-c2ccccc21. The number of rotatable bonds is 6. The van der Waals surface area contributed by atoms with Gasteiger partial charge in [-0.3, -0.25) is 4.52 Å². The first-order valence-electron chi connectivity index (χ1n) is 9.92. The predicted octanol–water partition coefficient (Wildman–Crippen LogP) is 1.74. The molecule has 166 valence electrons. The number of ether oxygens (including phenoxy) is 1. The highest BCUT2D eigenvalue weighted by Crippen LogP contribution is 2.44. The van der Waals surface area contributed by atoms with E-state index in [-0.39, 0.29) is 18.9 Å². The van der Waals surface area contributed by atoms with Gasteiger partial charge in [0.15, 0.2) is 0 Å². The van der Waals surface area contributed by atoms with Gasteiger partial charge in [-0.25, -0.2) is 9.36 Å². The summed E-state index contributed by atoms with van der Waals surface area (Å²) in [6.07, 6.45) is -3.24. The van der Waals surface area contributed by atoms with Crippen LogP contribution in [0.15, 0.2) is 48.5 Å². The quantitative estimate of drug-likeness (QED) is 0.420. The first-order valence-corrected chi connectivity index (χ1v) is 11.5. The number of phosphoric acid groups is 1. The third-order valence-electron chi connectivity index (χ3n) is 5.91. The smallest absolute Gasteiger partial charge is 0.449 e. The molecule has 2 aliphatic rings. The Morgan fingerprint density at radius 2 is 1.55 bits per heavy atom. The zero-order chi connectivity index (χ0) is 22.2. The average Bonchev–Trinajstić information content (AvgIpc) is 3.20. The molecule has 31 heavy (non-hydrogen) atoms. The number of carbonyl (C=O) groups is 1. The van der Waals surface area contributed by atoms with E-state index < -0.39 is 44.7 Å². The maximum absolute atomic E-state index is 12.4. The van der Waals surface area contributed by atoms with E-state index in [0.29, 0.717) is 0 Å². The Morgan fingerprint density at radius 3 is 2.13 bits per heavy atom. The number of carbonyl (C=O) groups excluding carboxylic acids is 1. The minimum Gasteiger partial charge on any atom is -0.449 e. The Kier molecular flexibility index (Phi) is 6.16. The number of hydrogen-bond acceptors (Lipinski definition) is 6. The highest BCUT2D eigenvalue weighted by atomic mass is 31.2. The monoisotopic (exact) mass is 449 g/mol. The zero-order valence-corrected chi connectivity index (χ0v) is 17.4. The van der Waals surface area contributed by atoms with Crippen LogP contribution >= 0.6 is 7.82 Å². The minimum absolute atomic E-state index is 0.0898. The fourth-order valence-corrected chi connectivity index (χ4v) is 4.80. The summed E-state index contributed by atoms with van der Waals surface area (Å²) in [6, 6.07) is 15.1. The third kappa shape index (κ3) is 4.67. The van der Waals surface area contributed by atoms with Crippen LogP contribution in [0, 0.1) is 5.92 Å². The van der Waals surface area contributed by atoms with Crippen molar-refractivity contribution < 1.29 is 38.6 Å². The van der Waals surface area contributed by atoms with E-state index in [1.807, 2.05) is 48.5 Å². The highest BCUT2D eigenvalue weighted by molar-refractivity contribution is 7.46. The molecule has 1 fully saturated rings. The summed E-state index contributed by atoms with van der Waals surface area (Å²) in [5.74, 6) is -0.844. The lowest BCUT2D eigenvalue weighted by Crippen LogP contribution is -2.43. The van der Waals surface area contributed by atoms with Crippen LogP contribution in [0.3, 0.4) is 0 Å². The summed E-state index contributed by atoms with van der Waals surface area (Å²) in [4.78, 5) is 30.0. The molecule has 1 amide bonds. The fourth-order valence-electron chi connectivity index (χ4n) is 4.42. The van der Waals surface area contributed by atoms with Crippen LogP contribution < -0.4 is 5.32 Å². The molecule has 0 aromatic heterocycles. The molecule has 0 bridgehead atoms. The van der Waals surface area contributed by atoms with E-state index in [2.05, 4.69) is 9.84 Å². The molecule has 10 heteroatoms. The van der Waals surface area contributed by atoms with Crippen molar-refractivity contribution in [2.75, 3.05) is 13.2 Å². The van der Waals surface area contributed by atoms with E-state index >= 15 is 0 Å². The lowest BCUT2D eigenvalue weighted by molar-refractivity contribution is -0.000357. The number of aliphatic hydroxyl groups is 2. The molecule has 2 aliphatic carbocycles. The Bertz CT molecular complexity index is 963. The molecule has 9 nitrogen and oxygen atoms in total. The summed E-state index contributed by atoms with van der Waals surface area (Å²) in [6.45, 7) is -0.332. The Morgan fingerprint density at radius 1 is 0.968 bits per heavy atom. The number of amides is 1. The van der Waals surface area contributed by atoms with E-state index in [4.69, 9.17) is 14.5 Å². The number of nitrogens with one attached hydrogen (secondary N) is 1. The van der Waals surface area contributed by atoms with E-state index in [1.54, 1.807) is 0 Å². The second kappa shape index (κ2) is 8.70. The number of phosphoric ester groups is 1. The molecule has 2 aromatic rings. The van der Waals surface area contributed by atoms with Crippen molar-refractivity contribution in [2.24, 2.45) is 5.92 Å². The zero-order valence-electron chi connectivity index (χ0n) is 16.5. The first kappa shape index (κ1) is 22.0. The number of alkyl carbamates (subject to hydrolysis) is 1. The molecule has 4 atom stereocenters. The molecule has 0 spiro atoms. The Hall–Kier alpha value is -2.26. The van der Waals surface area contributed by atoms with E-state index in [0.717, 1.165) is 22.3 Å². The normalized spacial score (nSPS) is 25.2. The Balaban J connectivity index is 1.36. The van der Waals surface area contributed by atoms with Gasteiger partial charge in [-0.15, -0.1) is 0 Å². The second-order valence-electron chi connectivity index (χ2n) is 7.84. The van der Waals surface area contributed by atoms with Crippen LogP contribution in [-0.2, 0) is 13.8 Å². The fraction of sp³-hybridized carbons (Fsp3) is 0.381. The molecule has 0 saturated heterocycles. The summed E-state index contributed by atoms with van der Waals surface area (Å²) >= 11 is 0. The molecule has 0 aliphatic heterocycles. The number of benzene rings is 2. The minimum atomic E-state index is -4.69. The van der Waals surface area contributed by atoms with Crippen LogP contribution in [0.2, 0.25) is 0 Å². The summed E-state index contributed by atoms with van der Waals surface area (Å²) in [5.41, 5.74) is 4.36. The second-order valence-corrected chi connectivity index (χ2v) is 9.08. The summed E-state index contributed by atoms with van der Waals surface area (Å²) in [7, 11) is -4.69. The van der Waals surface area contributed by atoms with E-state index in [9.17, 15) is 19.6 Å². The molecule has 2 aromatic carbocycles. The van der Waals surface area contributed by atoms with Gasteiger partial charge in [-0.1, -0.05) is 48.5 Å². The molecule has 4 rings (SSSR count). The summed E-state index contributed by atoms with van der Waals surface area (Å²) < 4.78 is 20.7.